The summed E-state index contributed by atoms with van der Waals surface area (Å²) in [5.74, 6) is 1.04. The fourth-order valence-corrected chi connectivity index (χ4v) is 3.85. The second-order valence-electron chi connectivity index (χ2n) is 4.69. The molecule has 6 heteroatoms. The van der Waals surface area contributed by atoms with Gasteiger partial charge in [-0.2, -0.15) is 0 Å². The molecule has 0 fully saturated rings. The number of thioether (sulfide) groups is 2. The van der Waals surface area contributed by atoms with Crippen molar-refractivity contribution < 1.29 is 19.0 Å². The van der Waals surface area contributed by atoms with Gasteiger partial charge in [-0.25, -0.2) is 4.79 Å². The van der Waals surface area contributed by atoms with Gasteiger partial charge in [0.25, 0.3) is 0 Å². The number of ether oxygens (including phenoxy) is 3. The molecule has 21 heavy (non-hydrogen) atoms. The van der Waals surface area contributed by atoms with Crippen LogP contribution in [0.15, 0.2) is 33.3 Å². The number of benzene rings is 1. The topological polar surface area (TPSA) is 44.8 Å². The minimum atomic E-state index is -0.317. The SMILES string of the molecule is CC(C)OC(=O)C(=C1SC=CS1)c1ccc2c(c1)OCO2. The average Bonchev–Trinajstić information content (AvgIpc) is 3.08. The summed E-state index contributed by atoms with van der Waals surface area (Å²) in [6.07, 6.45) is -0.161. The maximum Gasteiger partial charge on any atom is 0.340 e. The van der Waals surface area contributed by atoms with Gasteiger partial charge in [-0.3, -0.25) is 0 Å². The molecule has 1 aromatic carbocycles. The van der Waals surface area contributed by atoms with Gasteiger partial charge in [0.2, 0.25) is 6.79 Å². The Labute approximate surface area is 131 Å². The van der Waals surface area contributed by atoms with E-state index in [1.807, 2.05) is 42.9 Å². The van der Waals surface area contributed by atoms with Crippen molar-refractivity contribution in [2.45, 2.75) is 20.0 Å². The van der Waals surface area contributed by atoms with Crippen LogP contribution < -0.4 is 9.47 Å². The van der Waals surface area contributed by atoms with Crippen molar-refractivity contribution in [1.29, 1.82) is 0 Å². The number of carbonyl (C=O) groups is 1. The Balaban J connectivity index is 1.99. The van der Waals surface area contributed by atoms with Crippen molar-refractivity contribution in [3.8, 4) is 11.5 Å². The lowest BCUT2D eigenvalue weighted by Crippen LogP contribution is -2.13. The molecule has 0 aliphatic carbocycles. The van der Waals surface area contributed by atoms with Crippen LogP contribution in [0.1, 0.15) is 19.4 Å². The summed E-state index contributed by atoms with van der Waals surface area (Å²) in [5.41, 5.74) is 1.35. The molecule has 0 amide bonds. The Morgan fingerprint density at radius 1 is 1.19 bits per heavy atom. The summed E-state index contributed by atoms with van der Waals surface area (Å²) in [5, 5.41) is 3.91. The first-order valence-corrected chi connectivity index (χ1v) is 8.24. The van der Waals surface area contributed by atoms with Gasteiger partial charge in [0, 0.05) is 0 Å². The number of fused-ring (bicyclic) bond motifs is 1. The number of hydrogen-bond acceptors (Lipinski definition) is 6. The van der Waals surface area contributed by atoms with Crippen molar-refractivity contribution in [2.75, 3.05) is 6.79 Å². The first kappa shape index (κ1) is 14.4. The fourth-order valence-electron chi connectivity index (χ4n) is 1.97. The van der Waals surface area contributed by atoms with E-state index < -0.39 is 0 Å². The lowest BCUT2D eigenvalue weighted by molar-refractivity contribution is -0.140. The van der Waals surface area contributed by atoms with Gasteiger partial charge >= 0.3 is 5.97 Å². The van der Waals surface area contributed by atoms with Crippen LogP contribution in [0.3, 0.4) is 0 Å². The molecule has 2 heterocycles. The molecule has 4 nitrogen and oxygen atoms in total. The Hall–Kier alpha value is -1.53. The second-order valence-corrected chi connectivity index (χ2v) is 6.78. The highest BCUT2D eigenvalue weighted by Gasteiger charge is 2.24. The molecule has 0 saturated carbocycles. The van der Waals surface area contributed by atoms with Crippen LogP contribution in [0.4, 0.5) is 0 Å². The summed E-state index contributed by atoms with van der Waals surface area (Å²) in [6.45, 7) is 3.90. The highest BCUT2D eigenvalue weighted by Crippen LogP contribution is 2.44. The zero-order chi connectivity index (χ0) is 14.8. The van der Waals surface area contributed by atoms with Gasteiger partial charge in [-0.1, -0.05) is 29.6 Å². The number of hydrogen-bond donors (Lipinski definition) is 0. The summed E-state index contributed by atoms with van der Waals surface area (Å²) >= 11 is 3.05. The summed E-state index contributed by atoms with van der Waals surface area (Å²) in [7, 11) is 0. The zero-order valence-corrected chi connectivity index (χ0v) is 13.3. The number of rotatable bonds is 3. The average molecular weight is 322 g/mol. The van der Waals surface area contributed by atoms with Crippen LogP contribution in [-0.4, -0.2) is 18.9 Å². The molecule has 2 aliphatic rings. The smallest absolute Gasteiger partial charge is 0.340 e. The molecule has 0 saturated heterocycles. The van der Waals surface area contributed by atoms with Crippen LogP contribution in [0.5, 0.6) is 11.5 Å². The Morgan fingerprint density at radius 3 is 2.62 bits per heavy atom. The van der Waals surface area contributed by atoms with Gasteiger partial charge in [0.1, 0.15) is 0 Å². The first-order valence-electron chi connectivity index (χ1n) is 6.49. The molecule has 1 aromatic rings. The fraction of sp³-hybridized carbons (Fsp3) is 0.267. The van der Waals surface area contributed by atoms with E-state index in [0.29, 0.717) is 17.1 Å². The van der Waals surface area contributed by atoms with Crippen LogP contribution in [0.25, 0.3) is 5.57 Å². The summed E-state index contributed by atoms with van der Waals surface area (Å²) < 4.78 is 17.0. The van der Waals surface area contributed by atoms with E-state index in [2.05, 4.69) is 0 Å². The third-order valence-corrected chi connectivity index (χ3v) is 4.95. The first-order chi connectivity index (χ1) is 10.1. The van der Waals surface area contributed by atoms with Gasteiger partial charge < -0.3 is 14.2 Å². The third kappa shape index (κ3) is 3.06. The minimum Gasteiger partial charge on any atom is -0.459 e. The van der Waals surface area contributed by atoms with Crippen LogP contribution >= 0.6 is 23.5 Å². The predicted octanol–water partition coefficient (Wildman–Crippen LogP) is 3.99. The van der Waals surface area contributed by atoms with E-state index in [1.165, 1.54) is 23.5 Å². The standard InChI is InChI=1S/C15H14O4S2/c1-9(2)19-14(16)13(15-20-5-6-21-15)10-3-4-11-12(7-10)18-8-17-11/h3-7,9H,8H2,1-2H3. The predicted molar refractivity (Wildman–Crippen MR) is 85.0 cm³/mol. The van der Waals surface area contributed by atoms with E-state index >= 15 is 0 Å². The Morgan fingerprint density at radius 2 is 1.90 bits per heavy atom. The monoisotopic (exact) mass is 322 g/mol. The second kappa shape index (κ2) is 6.07. The van der Waals surface area contributed by atoms with Crippen LogP contribution in [-0.2, 0) is 9.53 Å². The molecule has 0 aromatic heterocycles. The molecule has 0 bridgehead atoms. The maximum absolute atomic E-state index is 12.4. The lowest BCUT2D eigenvalue weighted by atomic mass is 10.1. The normalized spacial score (nSPS) is 15.7. The minimum absolute atomic E-state index is 0.161. The highest BCUT2D eigenvalue weighted by atomic mass is 32.2. The van der Waals surface area contributed by atoms with Crippen molar-refractivity contribution in [3.05, 3.63) is 38.8 Å². The van der Waals surface area contributed by atoms with Crippen molar-refractivity contribution in [2.24, 2.45) is 0 Å². The molecular formula is C15H14O4S2. The zero-order valence-electron chi connectivity index (χ0n) is 11.6. The molecule has 0 atom stereocenters. The summed E-state index contributed by atoms with van der Waals surface area (Å²) in [6, 6.07) is 5.50. The highest BCUT2D eigenvalue weighted by molar-refractivity contribution is 8.27. The Bertz CT molecular complexity index is 625. The Kier molecular flexibility index (Phi) is 4.17. The molecule has 0 N–H and O–H groups in total. The van der Waals surface area contributed by atoms with Crippen molar-refractivity contribution in [3.63, 3.8) is 0 Å². The number of esters is 1. The summed E-state index contributed by atoms with van der Waals surface area (Å²) in [4.78, 5) is 12.4. The van der Waals surface area contributed by atoms with E-state index in [4.69, 9.17) is 14.2 Å². The van der Waals surface area contributed by atoms with E-state index in [9.17, 15) is 4.79 Å². The van der Waals surface area contributed by atoms with Crippen molar-refractivity contribution >= 4 is 35.1 Å². The lowest BCUT2D eigenvalue weighted by Gasteiger charge is -2.13. The molecule has 0 radical (unpaired) electrons. The molecule has 0 spiro atoms. The molecule has 3 rings (SSSR count). The van der Waals surface area contributed by atoms with Gasteiger partial charge in [0.15, 0.2) is 11.5 Å². The maximum atomic E-state index is 12.4. The largest absolute Gasteiger partial charge is 0.459 e. The molecule has 110 valence electrons. The quantitative estimate of drug-likeness (QED) is 0.619. The molecular weight excluding hydrogens is 308 g/mol. The van der Waals surface area contributed by atoms with E-state index in [1.54, 1.807) is 0 Å². The van der Waals surface area contributed by atoms with Gasteiger partial charge in [-0.15, -0.1) is 0 Å². The molecule has 2 aliphatic heterocycles. The van der Waals surface area contributed by atoms with E-state index in [0.717, 1.165) is 9.80 Å². The van der Waals surface area contributed by atoms with Crippen LogP contribution in [0, 0.1) is 0 Å². The van der Waals surface area contributed by atoms with Crippen molar-refractivity contribution in [1.82, 2.24) is 0 Å². The van der Waals surface area contributed by atoms with Gasteiger partial charge in [0.05, 0.1) is 15.9 Å². The van der Waals surface area contributed by atoms with E-state index in [-0.39, 0.29) is 18.9 Å². The molecule has 0 unspecified atom stereocenters. The third-order valence-electron chi connectivity index (χ3n) is 2.82. The van der Waals surface area contributed by atoms with Crippen LogP contribution in [0.2, 0.25) is 0 Å². The number of carbonyl (C=O) groups excluding carboxylic acids is 1. The van der Waals surface area contributed by atoms with Gasteiger partial charge in [-0.05, 0) is 42.4 Å².